The summed E-state index contributed by atoms with van der Waals surface area (Å²) in [5, 5.41) is 1.95. The first-order valence-corrected chi connectivity index (χ1v) is 18.7. The summed E-state index contributed by atoms with van der Waals surface area (Å²) in [6.45, 7) is 0. The van der Waals surface area contributed by atoms with Crippen LogP contribution in [0.3, 0.4) is 0 Å². The summed E-state index contributed by atoms with van der Waals surface area (Å²) in [4.78, 5) is 17.5. The summed E-state index contributed by atoms with van der Waals surface area (Å²) in [5.41, 5.74) is 11.9. The summed E-state index contributed by atoms with van der Waals surface area (Å²) in [6.07, 6.45) is 0. The van der Waals surface area contributed by atoms with Gasteiger partial charge in [-0.25, -0.2) is 15.0 Å². The average molecular weight is 719 g/mol. The van der Waals surface area contributed by atoms with Crippen molar-refractivity contribution in [2.45, 2.75) is 0 Å². The number of hydrogen-bond acceptors (Lipinski definition) is 5. The molecule has 2 aromatic heterocycles. The molecule has 264 valence electrons. The number of furan rings is 1. The Labute approximate surface area is 324 Å². The third-order valence-corrected chi connectivity index (χ3v) is 10.1. The number of hydrogen-bond donors (Lipinski definition) is 0. The molecule has 56 heavy (non-hydrogen) atoms. The van der Waals surface area contributed by atoms with E-state index in [-0.39, 0.29) is 0 Å². The fourth-order valence-electron chi connectivity index (χ4n) is 7.41. The fourth-order valence-corrected chi connectivity index (χ4v) is 7.41. The van der Waals surface area contributed by atoms with Crippen molar-refractivity contribution in [1.82, 2.24) is 15.0 Å². The van der Waals surface area contributed by atoms with E-state index >= 15 is 0 Å². The Balaban J connectivity index is 1.10. The van der Waals surface area contributed by atoms with E-state index in [0.717, 1.165) is 66.8 Å². The molecular formula is C51H34N4O. The summed E-state index contributed by atoms with van der Waals surface area (Å²) in [6, 6.07) is 71.0. The Morgan fingerprint density at radius 3 is 1.52 bits per heavy atom. The van der Waals surface area contributed by atoms with E-state index in [0.29, 0.717) is 17.5 Å². The number of benzene rings is 8. The van der Waals surface area contributed by atoms with E-state index in [1.807, 2.05) is 60.7 Å². The number of nitrogens with zero attached hydrogens (tertiary/aromatic N) is 4. The second-order valence-corrected chi connectivity index (χ2v) is 13.7. The van der Waals surface area contributed by atoms with Gasteiger partial charge in [0, 0.05) is 50.6 Å². The molecule has 0 saturated heterocycles. The average Bonchev–Trinajstić information content (AvgIpc) is 3.66. The summed E-state index contributed by atoms with van der Waals surface area (Å²) in [5.74, 6) is 1.80. The monoisotopic (exact) mass is 718 g/mol. The molecule has 0 fully saturated rings. The summed E-state index contributed by atoms with van der Waals surface area (Å²) < 4.78 is 6.65. The summed E-state index contributed by atoms with van der Waals surface area (Å²) in [7, 11) is 0. The molecular weight excluding hydrogens is 685 g/mol. The van der Waals surface area contributed by atoms with Gasteiger partial charge in [-0.2, -0.15) is 0 Å². The standard InChI is InChI=1S/C51H34N4O/c1-5-15-35(16-6-1)37-27-29-42(30-28-37)55(41-23-11-4-12-24-41)43-31-32-44-47(34-43)56-46-26-14-25-45(48(44)46)51-53-49(38-19-9-3-10-20-38)52-50(54-51)40-22-13-21-39(33-40)36-17-7-2-8-18-36/h1-34H. The first-order chi connectivity index (χ1) is 27.7. The normalized spacial score (nSPS) is 11.2. The first-order valence-electron chi connectivity index (χ1n) is 18.7. The summed E-state index contributed by atoms with van der Waals surface area (Å²) >= 11 is 0. The number of para-hydroxylation sites is 1. The highest BCUT2D eigenvalue weighted by atomic mass is 16.3. The molecule has 0 aliphatic rings. The predicted octanol–water partition coefficient (Wildman–Crippen LogP) is 13.6. The smallest absolute Gasteiger partial charge is 0.164 e. The number of fused-ring (bicyclic) bond motifs is 3. The molecule has 8 aromatic carbocycles. The van der Waals surface area contributed by atoms with Crippen molar-refractivity contribution in [3.8, 4) is 56.4 Å². The Kier molecular flexibility index (Phi) is 8.43. The van der Waals surface area contributed by atoms with E-state index in [4.69, 9.17) is 19.4 Å². The maximum atomic E-state index is 6.65. The highest BCUT2D eigenvalue weighted by Gasteiger charge is 2.20. The zero-order chi connectivity index (χ0) is 37.3. The zero-order valence-electron chi connectivity index (χ0n) is 30.3. The molecule has 5 heteroatoms. The Hall–Kier alpha value is -7.63. The second kappa shape index (κ2) is 14.3. The van der Waals surface area contributed by atoms with Crippen molar-refractivity contribution >= 4 is 39.0 Å². The zero-order valence-corrected chi connectivity index (χ0v) is 30.3. The van der Waals surface area contributed by atoms with Crippen LogP contribution in [-0.2, 0) is 0 Å². The molecule has 2 heterocycles. The maximum Gasteiger partial charge on any atom is 0.164 e. The van der Waals surface area contributed by atoms with E-state index in [9.17, 15) is 0 Å². The Morgan fingerprint density at radius 2 is 0.821 bits per heavy atom. The van der Waals surface area contributed by atoms with E-state index in [1.165, 1.54) is 11.1 Å². The van der Waals surface area contributed by atoms with Gasteiger partial charge in [-0.1, -0.05) is 152 Å². The first kappa shape index (κ1) is 33.0. The van der Waals surface area contributed by atoms with Gasteiger partial charge < -0.3 is 9.32 Å². The van der Waals surface area contributed by atoms with Crippen LogP contribution in [0.5, 0.6) is 0 Å². The van der Waals surface area contributed by atoms with Gasteiger partial charge in [0.15, 0.2) is 17.5 Å². The van der Waals surface area contributed by atoms with Crippen molar-refractivity contribution in [3.05, 3.63) is 206 Å². The minimum atomic E-state index is 0.584. The predicted molar refractivity (Wildman–Crippen MR) is 229 cm³/mol. The molecule has 0 amide bonds. The lowest BCUT2D eigenvalue weighted by atomic mass is 10.0. The second-order valence-electron chi connectivity index (χ2n) is 13.7. The van der Waals surface area contributed by atoms with Gasteiger partial charge in [0.25, 0.3) is 0 Å². The van der Waals surface area contributed by atoms with Crippen LogP contribution in [0, 0.1) is 0 Å². The lowest BCUT2D eigenvalue weighted by Gasteiger charge is -2.25. The van der Waals surface area contributed by atoms with Crippen LogP contribution in [0.25, 0.3) is 78.4 Å². The number of rotatable bonds is 8. The van der Waals surface area contributed by atoms with Gasteiger partial charge in [-0.05, 0) is 70.8 Å². The van der Waals surface area contributed by atoms with Crippen LogP contribution in [0.1, 0.15) is 0 Å². The van der Waals surface area contributed by atoms with Crippen LogP contribution in [-0.4, -0.2) is 15.0 Å². The van der Waals surface area contributed by atoms with Gasteiger partial charge in [0.05, 0.1) is 0 Å². The fraction of sp³-hybridized carbons (Fsp3) is 0. The molecule has 0 aliphatic carbocycles. The molecule has 0 saturated carbocycles. The van der Waals surface area contributed by atoms with Gasteiger partial charge >= 0.3 is 0 Å². The van der Waals surface area contributed by atoms with Crippen molar-refractivity contribution < 1.29 is 4.42 Å². The van der Waals surface area contributed by atoms with Crippen LogP contribution in [0.2, 0.25) is 0 Å². The maximum absolute atomic E-state index is 6.65. The van der Waals surface area contributed by atoms with Crippen molar-refractivity contribution in [3.63, 3.8) is 0 Å². The largest absolute Gasteiger partial charge is 0.456 e. The van der Waals surface area contributed by atoms with Crippen LogP contribution < -0.4 is 4.90 Å². The molecule has 10 rings (SSSR count). The van der Waals surface area contributed by atoms with E-state index in [2.05, 4.69) is 150 Å². The minimum Gasteiger partial charge on any atom is -0.456 e. The van der Waals surface area contributed by atoms with Crippen LogP contribution in [0.15, 0.2) is 211 Å². The Morgan fingerprint density at radius 1 is 0.321 bits per heavy atom. The lowest BCUT2D eigenvalue weighted by molar-refractivity contribution is 0.669. The molecule has 0 radical (unpaired) electrons. The topological polar surface area (TPSA) is 55.1 Å². The molecule has 0 unspecified atom stereocenters. The Bertz CT molecular complexity index is 2950. The lowest BCUT2D eigenvalue weighted by Crippen LogP contribution is -2.09. The van der Waals surface area contributed by atoms with Crippen molar-refractivity contribution in [1.29, 1.82) is 0 Å². The van der Waals surface area contributed by atoms with Crippen molar-refractivity contribution in [2.24, 2.45) is 0 Å². The quantitative estimate of drug-likeness (QED) is 0.157. The van der Waals surface area contributed by atoms with Crippen molar-refractivity contribution in [2.75, 3.05) is 4.90 Å². The van der Waals surface area contributed by atoms with E-state index in [1.54, 1.807) is 0 Å². The molecule has 0 aliphatic heterocycles. The molecule has 10 aromatic rings. The SMILES string of the molecule is c1ccc(-c2ccc(N(c3ccccc3)c3ccc4c(c3)oc3cccc(-c5nc(-c6ccccc6)nc(-c6cccc(-c7ccccc7)c6)n5)c34)cc2)cc1. The molecule has 0 atom stereocenters. The van der Waals surface area contributed by atoms with E-state index < -0.39 is 0 Å². The highest BCUT2D eigenvalue weighted by Crippen LogP contribution is 2.41. The third-order valence-electron chi connectivity index (χ3n) is 10.1. The molecule has 0 N–H and O–H groups in total. The van der Waals surface area contributed by atoms with Gasteiger partial charge in [-0.15, -0.1) is 0 Å². The number of anilines is 3. The highest BCUT2D eigenvalue weighted by molar-refractivity contribution is 6.12. The van der Waals surface area contributed by atoms with Gasteiger partial charge in [-0.3, -0.25) is 0 Å². The number of aromatic nitrogens is 3. The van der Waals surface area contributed by atoms with Gasteiger partial charge in [0.2, 0.25) is 0 Å². The molecule has 0 spiro atoms. The van der Waals surface area contributed by atoms with Crippen LogP contribution in [0.4, 0.5) is 17.1 Å². The van der Waals surface area contributed by atoms with Crippen LogP contribution >= 0.6 is 0 Å². The molecule has 0 bridgehead atoms. The third kappa shape index (κ3) is 6.27. The van der Waals surface area contributed by atoms with Gasteiger partial charge in [0.1, 0.15) is 11.2 Å². The minimum absolute atomic E-state index is 0.584. The molecule has 5 nitrogen and oxygen atoms in total.